The molecule has 2 aromatic heterocycles. The smallest absolute Gasteiger partial charge is 0.433 e. The minimum Gasteiger partial charge on any atom is -0.488 e. The van der Waals surface area contributed by atoms with E-state index in [9.17, 15) is 18.0 Å². The highest BCUT2D eigenvalue weighted by Gasteiger charge is 2.45. The lowest BCUT2D eigenvalue weighted by molar-refractivity contribution is -0.142. The van der Waals surface area contributed by atoms with Crippen LogP contribution in [0.2, 0.25) is 0 Å². The number of furan rings is 1. The first kappa shape index (κ1) is 23.9. The van der Waals surface area contributed by atoms with Gasteiger partial charge in [-0.25, -0.2) is 8.78 Å². The Bertz CT molecular complexity index is 1250. The van der Waals surface area contributed by atoms with Crippen LogP contribution in [-0.4, -0.2) is 29.9 Å². The van der Waals surface area contributed by atoms with Crippen LogP contribution in [0.3, 0.4) is 0 Å². The second-order valence-electron chi connectivity index (χ2n) is 8.28. The fraction of sp³-hybridized carbons (Fsp3) is 0.391. The molecule has 11 heteroatoms. The van der Waals surface area contributed by atoms with E-state index in [0.717, 1.165) is 6.20 Å². The van der Waals surface area contributed by atoms with Gasteiger partial charge in [-0.2, -0.15) is 13.2 Å². The summed E-state index contributed by atoms with van der Waals surface area (Å²) in [5.74, 6) is -5.36. The summed E-state index contributed by atoms with van der Waals surface area (Å²) >= 11 is 0. The van der Waals surface area contributed by atoms with E-state index in [1.807, 2.05) is 0 Å². The van der Waals surface area contributed by atoms with Gasteiger partial charge in [0.25, 0.3) is 11.8 Å². The summed E-state index contributed by atoms with van der Waals surface area (Å²) < 4.78 is 81.7. The number of carbonyl (C=O) groups excluding carboxylic acids is 1. The van der Waals surface area contributed by atoms with Crippen molar-refractivity contribution in [2.45, 2.75) is 44.9 Å². The lowest BCUT2D eigenvalue weighted by atomic mass is 9.83. The predicted octanol–water partition coefficient (Wildman–Crippen LogP) is 4.85. The first-order valence-corrected chi connectivity index (χ1v) is 10.5. The van der Waals surface area contributed by atoms with Crippen LogP contribution in [0.1, 0.15) is 50.8 Å². The van der Waals surface area contributed by atoms with E-state index in [4.69, 9.17) is 14.9 Å². The molecule has 182 valence electrons. The highest BCUT2D eigenvalue weighted by Crippen LogP contribution is 2.48. The number of halogens is 5. The van der Waals surface area contributed by atoms with Crippen LogP contribution in [0, 0.1) is 13.8 Å². The Morgan fingerprint density at radius 2 is 2.09 bits per heavy atom. The molecule has 0 saturated carbocycles. The molecule has 3 aromatic rings. The molecule has 34 heavy (non-hydrogen) atoms. The minimum absolute atomic E-state index is 0.00445. The zero-order valence-corrected chi connectivity index (χ0v) is 18.4. The number of ether oxygens (including phenoxy) is 1. The van der Waals surface area contributed by atoms with Gasteiger partial charge in [-0.05, 0) is 44.5 Å². The van der Waals surface area contributed by atoms with Crippen molar-refractivity contribution < 1.29 is 35.9 Å². The molecule has 1 aliphatic heterocycles. The number of primary amides is 1. The van der Waals surface area contributed by atoms with E-state index in [-0.39, 0.29) is 52.1 Å². The Balaban J connectivity index is 1.91. The highest BCUT2D eigenvalue weighted by atomic mass is 19.4. The maximum absolute atomic E-state index is 15.1. The molecule has 1 aromatic carbocycles. The van der Waals surface area contributed by atoms with Crippen molar-refractivity contribution in [1.29, 1.82) is 0 Å². The maximum atomic E-state index is 15.1. The molecule has 1 unspecified atom stereocenters. The molecule has 0 aliphatic carbocycles. The number of fused-ring (bicyclic) bond motifs is 1. The molecule has 1 saturated heterocycles. The van der Waals surface area contributed by atoms with Crippen LogP contribution in [0.5, 0.6) is 5.75 Å². The number of pyridine rings is 1. The SMILES string of the molecule is Cc1oc2c(C)cc(OCc3cccnc3C(F)(F)F)c(C3CCNCC3(F)F)c2c1C(N)=O. The van der Waals surface area contributed by atoms with E-state index < -0.39 is 42.8 Å². The third-order valence-corrected chi connectivity index (χ3v) is 5.94. The van der Waals surface area contributed by atoms with Gasteiger partial charge in [0.1, 0.15) is 23.7 Å². The number of nitrogens with zero attached hydrogens (tertiary/aromatic N) is 1. The monoisotopic (exact) mass is 483 g/mol. The number of aryl methyl sites for hydroxylation is 2. The molecular weight excluding hydrogens is 461 g/mol. The standard InChI is InChI=1S/C23H22F5N3O3/c1-11-8-15(33-9-13-4-3-6-31-20(13)23(26,27)28)17(14-5-7-30-10-22(14,24)25)18-16(21(29)32)12(2)34-19(11)18/h3-4,6,8,14,30H,5,7,9-10H2,1-2H3,(H2,29,32). The number of piperidine rings is 1. The van der Waals surface area contributed by atoms with Crippen LogP contribution in [0.25, 0.3) is 11.0 Å². The summed E-state index contributed by atoms with van der Waals surface area (Å²) in [6.45, 7) is 2.22. The summed E-state index contributed by atoms with van der Waals surface area (Å²) in [6, 6.07) is 3.97. The number of alkyl halides is 5. The molecule has 0 radical (unpaired) electrons. The van der Waals surface area contributed by atoms with Gasteiger partial charge >= 0.3 is 6.18 Å². The zero-order chi connectivity index (χ0) is 24.8. The van der Waals surface area contributed by atoms with E-state index in [0.29, 0.717) is 5.56 Å². The first-order valence-electron chi connectivity index (χ1n) is 10.5. The van der Waals surface area contributed by atoms with Crippen molar-refractivity contribution in [2.75, 3.05) is 13.1 Å². The first-order chi connectivity index (χ1) is 15.9. The van der Waals surface area contributed by atoms with Gasteiger partial charge in [-0.15, -0.1) is 0 Å². The van der Waals surface area contributed by atoms with Gasteiger partial charge in [0, 0.05) is 22.7 Å². The number of nitrogens with one attached hydrogen (secondary N) is 1. The number of hydrogen-bond acceptors (Lipinski definition) is 5. The van der Waals surface area contributed by atoms with Gasteiger partial charge in [0.2, 0.25) is 0 Å². The van der Waals surface area contributed by atoms with Crippen LogP contribution < -0.4 is 15.8 Å². The van der Waals surface area contributed by atoms with E-state index in [2.05, 4.69) is 10.3 Å². The van der Waals surface area contributed by atoms with E-state index in [1.54, 1.807) is 6.92 Å². The molecule has 6 nitrogen and oxygen atoms in total. The molecule has 1 fully saturated rings. The summed E-state index contributed by atoms with van der Waals surface area (Å²) in [7, 11) is 0. The van der Waals surface area contributed by atoms with Gasteiger partial charge in [0.15, 0.2) is 5.69 Å². The summed E-state index contributed by atoms with van der Waals surface area (Å²) in [4.78, 5) is 15.6. The zero-order valence-electron chi connectivity index (χ0n) is 18.4. The van der Waals surface area contributed by atoms with Gasteiger partial charge in [-0.1, -0.05) is 6.07 Å². The molecule has 1 atom stereocenters. The number of aromatic nitrogens is 1. The molecular formula is C23H22F5N3O3. The maximum Gasteiger partial charge on any atom is 0.433 e. The Morgan fingerprint density at radius 1 is 1.35 bits per heavy atom. The molecule has 3 N–H and O–H groups in total. The third kappa shape index (κ3) is 4.20. The van der Waals surface area contributed by atoms with Crippen molar-refractivity contribution in [3.05, 3.63) is 58.1 Å². The van der Waals surface area contributed by atoms with Crippen molar-refractivity contribution >= 4 is 16.9 Å². The molecule has 0 spiro atoms. The Hall–Kier alpha value is -3.21. The quantitative estimate of drug-likeness (QED) is 0.507. The second-order valence-corrected chi connectivity index (χ2v) is 8.28. The third-order valence-electron chi connectivity index (χ3n) is 5.94. The number of nitrogens with two attached hydrogens (primary N) is 1. The number of rotatable bonds is 5. The molecule has 1 amide bonds. The van der Waals surface area contributed by atoms with Crippen molar-refractivity contribution in [3.63, 3.8) is 0 Å². The Kier molecular flexibility index (Phi) is 6.01. The fourth-order valence-electron chi connectivity index (χ4n) is 4.46. The molecule has 4 rings (SSSR count). The van der Waals surface area contributed by atoms with Crippen LogP contribution in [0.4, 0.5) is 22.0 Å². The van der Waals surface area contributed by atoms with E-state index >= 15 is 8.78 Å². The van der Waals surface area contributed by atoms with Crippen LogP contribution in [0.15, 0.2) is 28.8 Å². The lowest BCUT2D eigenvalue weighted by Gasteiger charge is -2.33. The van der Waals surface area contributed by atoms with E-state index in [1.165, 1.54) is 25.1 Å². The van der Waals surface area contributed by atoms with Crippen molar-refractivity contribution in [1.82, 2.24) is 10.3 Å². The Labute approximate surface area is 191 Å². The lowest BCUT2D eigenvalue weighted by Crippen LogP contribution is -2.44. The fourth-order valence-corrected chi connectivity index (χ4v) is 4.46. The molecule has 3 heterocycles. The average molecular weight is 483 g/mol. The predicted molar refractivity (Wildman–Crippen MR) is 113 cm³/mol. The number of amides is 1. The summed E-state index contributed by atoms with van der Waals surface area (Å²) in [5, 5.41) is 2.74. The normalized spacial score (nSPS) is 18.3. The molecule has 0 bridgehead atoms. The largest absolute Gasteiger partial charge is 0.488 e. The number of hydrogen-bond donors (Lipinski definition) is 2. The highest BCUT2D eigenvalue weighted by molar-refractivity contribution is 6.09. The van der Waals surface area contributed by atoms with Crippen LogP contribution in [-0.2, 0) is 12.8 Å². The van der Waals surface area contributed by atoms with Crippen molar-refractivity contribution in [2.24, 2.45) is 5.73 Å². The summed E-state index contributed by atoms with van der Waals surface area (Å²) in [5.41, 5.74) is 4.78. The Morgan fingerprint density at radius 3 is 2.74 bits per heavy atom. The second kappa shape index (κ2) is 8.53. The van der Waals surface area contributed by atoms with Gasteiger partial charge in [0.05, 0.1) is 18.0 Å². The average Bonchev–Trinajstić information content (AvgIpc) is 3.10. The number of benzene rings is 1. The topological polar surface area (TPSA) is 90.4 Å². The molecule has 1 aliphatic rings. The summed E-state index contributed by atoms with van der Waals surface area (Å²) in [6.07, 6.45) is -3.70. The minimum atomic E-state index is -4.72. The van der Waals surface area contributed by atoms with Gasteiger partial charge < -0.3 is 20.2 Å². The van der Waals surface area contributed by atoms with Crippen LogP contribution >= 0.6 is 0 Å². The van der Waals surface area contributed by atoms with Crippen molar-refractivity contribution in [3.8, 4) is 5.75 Å². The number of carbonyl (C=O) groups is 1. The van der Waals surface area contributed by atoms with Gasteiger partial charge in [-0.3, -0.25) is 9.78 Å².